The Labute approximate surface area is 147 Å². The Morgan fingerprint density at radius 3 is 2.52 bits per heavy atom. The van der Waals surface area contributed by atoms with E-state index in [-0.39, 0.29) is 11.5 Å². The topological polar surface area (TPSA) is 51.1 Å². The highest BCUT2D eigenvalue weighted by atomic mass is 16.2. The van der Waals surface area contributed by atoms with Gasteiger partial charge >= 0.3 is 0 Å². The maximum Gasteiger partial charge on any atom is 0.268 e. The van der Waals surface area contributed by atoms with Crippen LogP contribution in [-0.2, 0) is 13.0 Å². The highest BCUT2D eigenvalue weighted by Gasteiger charge is 2.14. The molecule has 0 saturated heterocycles. The number of hydrogen-bond donors (Lipinski definition) is 1. The fraction of sp³-hybridized carbons (Fsp3) is 0.238. The monoisotopic (exact) mass is 334 g/mol. The van der Waals surface area contributed by atoms with E-state index in [1.54, 1.807) is 10.6 Å². The van der Waals surface area contributed by atoms with Gasteiger partial charge in [-0.3, -0.25) is 9.59 Å². The van der Waals surface area contributed by atoms with Crippen molar-refractivity contribution in [3.63, 3.8) is 0 Å². The molecule has 0 bridgehead atoms. The Kier molecular flexibility index (Phi) is 5.29. The number of aromatic nitrogens is 1. The summed E-state index contributed by atoms with van der Waals surface area (Å²) in [6.07, 6.45) is 1.56. The first kappa shape index (κ1) is 17.0. The molecule has 25 heavy (non-hydrogen) atoms. The second-order valence-electron chi connectivity index (χ2n) is 6.07. The minimum Gasteiger partial charge on any atom is -0.350 e. The molecule has 1 amide bonds. The number of benzene rings is 2. The van der Waals surface area contributed by atoms with Crippen LogP contribution in [0.25, 0.3) is 10.8 Å². The van der Waals surface area contributed by atoms with Crippen molar-refractivity contribution in [2.24, 2.45) is 0 Å². The second kappa shape index (κ2) is 7.79. The zero-order valence-electron chi connectivity index (χ0n) is 14.4. The molecule has 0 aliphatic carbocycles. The first-order valence-corrected chi connectivity index (χ1v) is 8.65. The van der Waals surface area contributed by atoms with Crippen molar-refractivity contribution in [2.45, 2.75) is 26.3 Å². The lowest BCUT2D eigenvalue weighted by molar-refractivity contribution is 0.0943. The molecule has 4 heteroatoms. The van der Waals surface area contributed by atoms with Gasteiger partial charge < -0.3 is 9.88 Å². The van der Waals surface area contributed by atoms with Gasteiger partial charge in [-0.15, -0.1) is 0 Å². The van der Waals surface area contributed by atoms with Gasteiger partial charge in [-0.05, 0) is 35.9 Å². The van der Waals surface area contributed by atoms with Crippen LogP contribution in [0.1, 0.15) is 29.4 Å². The number of carbonyl (C=O) groups excluding carboxylic acids is 1. The SMILES string of the molecule is CCCn1c(C(=O)NCCc2ccccc2)cc2ccccc2c1=O. The van der Waals surface area contributed by atoms with Crippen LogP contribution in [0.3, 0.4) is 0 Å². The number of fused-ring (bicyclic) bond motifs is 1. The van der Waals surface area contributed by atoms with Crippen LogP contribution in [0.5, 0.6) is 0 Å². The smallest absolute Gasteiger partial charge is 0.268 e. The second-order valence-corrected chi connectivity index (χ2v) is 6.07. The average Bonchev–Trinajstić information content (AvgIpc) is 2.65. The fourth-order valence-corrected chi connectivity index (χ4v) is 2.99. The van der Waals surface area contributed by atoms with Crippen LogP contribution in [-0.4, -0.2) is 17.0 Å². The maximum atomic E-state index is 12.7. The highest BCUT2D eigenvalue weighted by molar-refractivity contribution is 5.96. The molecule has 2 aromatic carbocycles. The molecule has 0 saturated carbocycles. The third-order valence-corrected chi connectivity index (χ3v) is 4.24. The molecule has 4 nitrogen and oxygen atoms in total. The molecule has 3 rings (SSSR count). The number of amides is 1. The molecule has 128 valence electrons. The predicted octanol–water partition coefficient (Wildman–Crippen LogP) is 3.38. The minimum atomic E-state index is -0.202. The first-order valence-electron chi connectivity index (χ1n) is 8.65. The maximum absolute atomic E-state index is 12.7. The number of nitrogens with one attached hydrogen (secondary N) is 1. The lowest BCUT2D eigenvalue weighted by Crippen LogP contribution is -2.33. The molecule has 0 fully saturated rings. The molecule has 0 atom stereocenters. The normalized spacial score (nSPS) is 10.8. The van der Waals surface area contributed by atoms with E-state index in [9.17, 15) is 9.59 Å². The van der Waals surface area contributed by atoms with Gasteiger partial charge in [0.25, 0.3) is 11.5 Å². The summed E-state index contributed by atoms with van der Waals surface area (Å²) in [4.78, 5) is 25.4. The van der Waals surface area contributed by atoms with E-state index in [1.807, 2.05) is 61.5 Å². The van der Waals surface area contributed by atoms with Crippen molar-refractivity contribution in [3.8, 4) is 0 Å². The van der Waals surface area contributed by atoms with Gasteiger partial charge in [0.05, 0.1) is 0 Å². The Balaban J connectivity index is 1.84. The molecule has 1 aromatic heterocycles. The van der Waals surface area contributed by atoms with E-state index >= 15 is 0 Å². The molecule has 0 radical (unpaired) electrons. The van der Waals surface area contributed by atoms with E-state index in [1.165, 1.54) is 5.56 Å². The predicted molar refractivity (Wildman–Crippen MR) is 101 cm³/mol. The van der Waals surface area contributed by atoms with Crippen molar-refractivity contribution in [1.29, 1.82) is 0 Å². The lowest BCUT2D eigenvalue weighted by atomic mass is 10.1. The molecule has 1 N–H and O–H groups in total. The van der Waals surface area contributed by atoms with Crippen molar-refractivity contribution >= 4 is 16.7 Å². The van der Waals surface area contributed by atoms with Crippen molar-refractivity contribution < 1.29 is 4.79 Å². The van der Waals surface area contributed by atoms with Gasteiger partial charge in [0, 0.05) is 18.5 Å². The van der Waals surface area contributed by atoms with Crippen LogP contribution in [0, 0.1) is 0 Å². The van der Waals surface area contributed by atoms with Crippen LogP contribution >= 0.6 is 0 Å². The third-order valence-electron chi connectivity index (χ3n) is 4.24. The fourth-order valence-electron chi connectivity index (χ4n) is 2.99. The summed E-state index contributed by atoms with van der Waals surface area (Å²) in [5.74, 6) is -0.202. The summed E-state index contributed by atoms with van der Waals surface area (Å²) in [6.45, 7) is 3.07. The van der Waals surface area contributed by atoms with Gasteiger partial charge in [0.15, 0.2) is 0 Å². The van der Waals surface area contributed by atoms with Crippen molar-refractivity contribution in [2.75, 3.05) is 6.54 Å². The Morgan fingerprint density at radius 1 is 1.04 bits per heavy atom. The molecule has 0 unspecified atom stereocenters. The minimum absolute atomic E-state index is 0.104. The van der Waals surface area contributed by atoms with E-state index < -0.39 is 0 Å². The van der Waals surface area contributed by atoms with Crippen molar-refractivity contribution in [3.05, 3.63) is 82.3 Å². The Morgan fingerprint density at radius 2 is 1.76 bits per heavy atom. The van der Waals surface area contributed by atoms with Crippen LogP contribution in [0.2, 0.25) is 0 Å². The largest absolute Gasteiger partial charge is 0.350 e. The molecular formula is C21H22N2O2. The molecule has 3 aromatic rings. The molecule has 0 spiro atoms. The van der Waals surface area contributed by atoms with Gasteiger partial charge in [-0.25, -0.2) is 0 Å². The summed E-state index contributed by atoms with van der Waals surface area (Å²) in [5.41, 5.74) is 1.50. The van der Waals surface area contributed by atoms with Crippen molar-refractivity contribution in [1.82, 2.24) is 9.88 Å². The number of rotatable bonds is 6. The Bertz CT molecular complexity index is 930. The summed E-state index contributed by atoms with van der Waals surface area (Å²) in [7, 11) is 0. The highest BCUT2D eigenvalue weighted by Crippen LogP contribution is 2.12. The van der Waals surface area contributed by atoms with Gasteiger partial charge in [0.1, 0.15) is 5.69 Å². The molecule has 0 aliphatic heterocycles. The van der Waals surface area contributed by atoms with E-state index in [0.717, 1.165) is 18.2 Å². The van der Waals surface area contributed by atoms with E-state index in [2.05, 4.69) is 5.32 Å². The van der Waals surface area contributed by atoms with Gasteiger partial charge in [0.2, 0.25) is 0 Å². The first-order chi connectivity index (χ1) is 12.2. The zero-order chi connectivity index (χ0) is 17.6. The molecule has 1 heterocycles. The number of carbonyl (C=O) groups is 1. The number of nitrogens with zero attached hydrogens (tertiary/aromatic N) is 1. The van der Waals surface area contributed by atoms with Crippen LogP contribution < -0.4 is 10.9 Å². The quantitative estimate of drug-likeness (QED) is 0.751. The van der Waals surface area contributed by atoms with E-state index in [4.69, 9.17) is 0 Å². The lowest BCUT2D eigenvalue weighted by Gasteiger charge is -2.14. The third kappa shape index (κ3) is 3.79. The summed E-state index contributed by atoms with van der Waals surface area (Å²) < 4.78 is 1.58. The van der Waals surface area contributed by atoms with Crippen LogP contribution in [0.4, 0.5) is 0 Å². The standard InChI is InChI=1S/C21H22N2O2/c1-2-14-23-19(15-17-10-6-7-11-18(17)21(23)25)20(24)22-13-12-16-8-4-3-5-9-16/h3-11,15H,2,12-14H2,1H3,(H,22,24). The molecular weight excluding hydrogens is 312 g/mol. The van der Waals surface area contributed by atoms with Gasteiger partial charge in [-0.2, -0.15) is 0 Å². The van der Waals surface area contributed by atoms with Crippen LogP contribution in [0.15, 0.2) is 65.5 Å². The van der Waals surface area contributed by atoms with Gasteiger partial charge in [-0.1, -0.05) is 55.5 Å². The summed E-state index contributed by atoms with van der Waals surface area (Å²) in [6, 6.07) is 19.2. The Hall–Kier alpha value is -2.88. The average molecular weight is 334 g/mol. The van der Waals surface area contributed by atoms with E-state index in [0.29, 0.717) is 24.2 Å². The molecule has 0 aliphatic rings. The zero-order valence-corrected chi connectivity index (χ0v) is 14.4. The number of pyridine rings is 1. The summed E-state index contributed by atoms with van der Waals surface area (Å²) in [5, 5.41) is 4.39. The summed E-state index contributed by atoms with van der Waals surface area (Å²) >= 11 is 0. The number of hydrogen-bond acceptors (Lipinski definition) is 2.